The van der Waals surface area contributed by atoms with Crippen LogP contribution in [0.15, 0.2) is 222 Å². The van der Waals surface area contributed by atoms with E-state index >= 15 is 0 Å². The van der Waals surface area contributed by atoms with Gasteiger partial charge in [-0.25, -0.2) is 0 Å². The van der Waals surface area contributed by atoms with Crippen LogP contribution >= 0.6 is 0 Å². The Morgan fingerprint density at radius 3 is 1.39 bits per heavy atom. The normalized spacial score (nSPS) is 14.7. The Morgan fingerprint density at radius 2 is 0.866 bits per heavy atom. The number of hydrogen-bond acceptors (Lipinski definition) is 3. The second-order valence-corrected chi connectivity index (χ2v) is 27.6. The molecule has 3 heteroatoms. The third-order valence-electron chi connectivity index (χ3n) is 18.5. The minimum atomic E-state index is -0.712. The van der Waals surface area contributed by atoms with Gasteiger partial charge >= 0.3 is 0 Å². The third kappa shape index (κ3) is 7.90. The van der Waals surface area contributed by atoms with Crippen molar-refractivity contribution in [3.8, 4) is 22.3 Å². The lowest BCUT2D eigenvalue weighted by atomic mass is 9.69. The lowest BCUT2D eigenvalue weighted by Gasteiger charge is -2.35. The summed E-state index contributed by atoms with van der Waals surface area (Å²) in [6, 6.07) is 74.3. The van der Waals surface area contributed by atoms with E-state index in [0.29, 0.717) is 0 Å². The van der Waals surface area contributed by atoms with Gasteiger partial charge in [-0.15, -0.1) is 0 Å². The summed E-state index contributed by atoms with van der Waals surface area (Å²) >= 11 is 0. The van der Waals surface area contributed by atoms with Crippen LogP contribution in [-0.4, -0.2) is 0 Å². The van der Waals surface area contributed by atoms with Crippen molar-refractivity contribution >= 4 is 71.9 Å². The Kier molecular flexibility index (Phi) is 11.5. The van der Waals surface area contributed by atoms with E-state index in [2.05, 4.69) is 299 Å². The predicted octanol–water partition coefficient (Wildman–Crippen LogP) is 22.4. The zero-order chi connectivity index (χ0) is 56.8. The van der Waals surface area contributed by atoms with Crippen molar-refractivity contribution in [1.82, 2.24) is 0 Å². The Balaban J connectivity index is 1.11. The van der Waals surface area contributed by atoms with Crippen LogP contribution in [0.5, 0.6) is 0 Å². The molecule has 1 aromatic heterocycles. The van der Waals surface area contributed by atoms with Gasteiger partial charge in [0, 0.05) is 39.2 Å². The molecule has 0 unspecified atom stereocenters. The molecule has 1 heterocycles. The Morgan fingerprint density at radius 1 is 0.378 bits per heavy atom. The molecule has 10 aromatic carbocycles. The molecule has 14 rings (SSSR count). The SMILES string of the molecule is CC(C)(C)C1=CC=C(N(c2ccc(C(C)(C)C)cc2)c2cc3c(c4c2oc2ccccc24)-c2c(c4ccc(N(c5ccc(C(C)(C)C)cc5)c5ccc(C(C)(C)C)cc5)cc4c4ccccc24)C32c3ccccc3-c3ccccc32)CC1. The molecule has 82 heavy (non-hydrogen) atoms. The molecule has 0 aliphatic heterocycles. The van der Waals surface area contributed by atoms with Crippen molar-refractivity contribution in [2.24, 2.45) is 5.41 Å². The van der Waals surface area contributed by atoms with Gasteiger partial charge in [-0.3, -0.25) is 0 Å². The van der Waals surface area contributed by atoms with Gasteiger partial charge in [0.2, 0.25) is 0 Å². The van der Waals surface area contributed by atoms with Gasteiger partial charge < -0.3 is 14.2 Å². The molecule has 0 atom stereocenters. The first kappa shape index (κ1) is 51.7. The Hall–Kier alpha value is -8.40. The molecular weight excluding hydrogens is 993 g/mol. The monoisotopic (exact) mass is 1070 g/mol. The van der Waals surface area contributed by atoms with E-state index in [1.807, 2.05) is 0 Å². The highest BCUT2D eigenvalue weighted by atomic mass is 16.3. The standard InChI is InChI=1S/C79H74N2O/c1-75(2,3)49-29-37-53(38-30-49)80(54-39-31-50(32-40-54)76(4,5)6)57-45-46-62-64(47-57)58-21-13-14-24-61(58)70-72-67(79(73(62)70)65-26-18-15-22-59(65)60-23-16-19-27-66(60)79)48-68(74-71(72)63-25-17-20-28-69(63)82-74)81(55-41-33-51(34-42-55)77(7,8)9)56-43-35-52(36-44-56)78(10,11)12/h13-35,37-43,45-48H,36,44H2,1-12H3. The van der Waals surface area contributed by atoms with E-state index in [1.165, 1.54) is 94.0 Å². The van der Waals surface area contributed by atoms with E-state index in [-0.39, 0.29) is 21.7 Å². The van der Waals surface area contributed by atoms with Crippen molar-refractivity contribution in [2.75, 3.05) is 9.80 Å². The van der Waals surface area contributed by atoms with Gasteiger partial charge in [0.25, 0.3) is 0 Å². The molecular formula is C79H74N2O. The topological polar surface area (TPSA) is 19.6 Å². The molecule has 1 spiro atoms. The van der Waals surface area contributed by atoms with Crippen molar-refractivity contribution in [2.45, 2.75) is 118 Å². The van der Waals surface area contributed by atoms with Crippen LogP contribution in [0.3, 0.4) is 0 Å². The van der Waals surface area contributed by atoms with Crippen LogP contribution in [0.4, 0.5) is 28.4 Å². The summed E-state index contributed by atoms with van der Waals surface area (Å²) in [5, 5.41) is 7.22. The molecule has 3 aliphatic rings. The summed E-state index contributed by atoms with van der Waals surface area (Å²) in [6.45, 7) is 27.7. The van der Waals surface area contributed by atoms with E-state index in [0.717, 1.165) is 63.2 Å². The quantitative estimate of drug-likeness (QED) is 0.155. The maximum absolute atomic E-state index is 7.45. The number of hydrogen-bond donors (Lipinski definition) is 0. The molecule has 0 amide bonds. The second kappa shape index (κ2) is 18.3. The van der Waals surface area contributed by atoms with Crippen LogP contribution in [0.25, 0.3) is 65.7 Å². The molecule has 11 aromatic rings. The summed E-state index contributed by atoms with van der Waals surface area (Å²) in [7, 11) is 0. The van der Waals surface area contributed by atoms with Crippen molar-refractivity contribution in [1.29, 1.82) is 0 Å². The first-order chi connectivity index (χ1) is 39.2. The zero-order valence-corrected chi connectivity index (χ0v) is 49.8. The van der Waals surface area contributed by atoms with Gasteiger partial charge in [-0.2, -0.15) is 0 Å². The van der Waals surface area contributed by atoms with Gasteiger partial charge in [-0.1, -0.05) is 228 Å². The molecule has 0 bridgehead atoms. The van der Waals surface area contributed by atoms with Crippen molar-refractivity contribution < 1.29 is 4.42 Å². The highest BCUT2D eigenvalue weighted by molar-refractivity contribution is 6.27. The van der Waals surface area contributed by atoms with E-state index in [4.69, 9.17) is 4.42 Å². The van der Waals surface area contributed by atoms with Gasteiger partial charge in [-0.05, 0) is 184 Å². The predicted molar refractivity (Wildman–Crippen MR) is 349 cm³/mol. The maximum atomic E-state index is 7.45. The van der Waals surface area contributed by atoms with Crippen molar-refractivity contribution in [3.05, 3.63) is 256 Å². The lowest BCUT2D eigenvalue weighted by Crippen LogP contribution is -2.27. The maximum Gasteiger partial charge on any atom is 0.160 e. The van der Waals surface area contributed by atoms with Crippen molar-refractivity contribution in [3.63, 3.8) is 0 Å². The lowest BCUT2D eigenvalue weighted by molar-refractivity contribution is 0.479. The number of rotatable bonds is 6. The average molecular weight is 1070 g/mol. The van der Waals surface area contributed by atoms with Gasteiger partial charge in [0.05, 0.1) is 11.1 Å². The highest BCUT2D eigenvalue weighted by Gasteiger charge is 2.54. The highest BCUT2D eigenvalue weighted by Crippen LogP contribution is 2.68. The van der Waals surface area contributed by atoms with Gasteiger partial charge in [0.15, 0.2) is 5.58 Å². The minimum Gasteiger partial charge on any atom is -0.454 e. The fourth-order valence-corrected chi connectivity index (χ4v) is 14.2. The smallest absolute Gasteiger partial charge is 0.160 e. The minimum absolute atomic E-state index is 0.00119. The third-order valence-corrected chi connectivity index (χ3v) is 18.5. The van der Waals surface area contributed by atoms with E-state index in [9.17, 15) is 0 Å². The summed E-state index contributed by atoms with van der Waals surface area (Å²) in [5.74, 6) is 0. The first-order valence-electron chi connectivity index (χ1n) is 29.7. The van der Waals surface area contributed by atoms with Crippen LogP contribution in [-0.2, 0) is 21.7 Å². The number of anilines is 5. The summed E-state index contributed by atoms with van der Waals surface area (Å²) in [6.07, 6.45) is 6.68. The number of furan rings is 1. The number of nitrogens with zero attached hydrogens (tertiary/aromatic N) is 2. The molecule has 406 valence electrons. The van der Waals surface area contributed by atoms with E-state index < -0.39 is 5.41 Å². The Bertz CT molecular complexity index is 4350. The first-order valence-corrected chi connectivity index (χ1v) is 29.7. The molecule has 0 saturated heterocycles. The van der Waals surface area contributed by atoms with Crippen LogP contribution in [0.1, 0.15) is 135 Å². The summed E-state index contributed by atoms with van der Waals surface area (Å²) < 4.78 is 7.45. The molecule has 0 saturated carbocycles. The number of benzene rings is 10. The number of para-hydroxylation sites is 1. The average Bonchev–Trinajstić information content (AvgIpc) is 1.59. The fourth-order valence-electron chi connectivity index (χ4n) is 14.2. The number of fused-ring (bicyclic) bond motifs is 19. The van der Waals surface area contributed by atoms with Crippen LogP contribution < -0.4 is 9.80 Å². The largest absolute Gasteiger partial charge is 0.454 e. The molecule has 3 aliphatic carbocycles. The zero-order valence-electron chi connectivity index (χ0n) is 49.8. The summed E-state index contributed by atoms with van der Waals surface area (Å²) in [5.41, 5.74) is 23.7. The van der Waals surface area contributed by atoms with E-state index in [1.54, 1.807) is 0 Å². The number of allylic oxidation sites excluding steroid dienone is 4. The fraction of sp³-hybridized carbons (Fsp3) is 0.241. The molecule has 0 fully saturated rings. The summed E-state index contributed by atoms with van der Waals surface area (Å²) in [4.78, 5) is 5.01. The van der Waals surface area contributed by atoms with Gasteiger partial charge in [0.1, 0.15) is 5.58 Å². The van der Waals surface area contributed by atoms with Crippen LogP contribution in [0.2, 0.25) is 0 Å². The Labute approximate surface area is 485 Å². The molecule has 0 N–H and O–H groups in total. The van der Waals surface area contributed by atoms with Crippen LogP contribution in [0, 0.1) is 5.41 Å². The molecule has 3 nitrogen and oxygen atoms in total. The second-order valence-electron chi connectivity index (χ2n) is 27.6. The molecule has 0 radical (unpaired) electrons.